The lowest BCUT2D eigenvalue weighted by atomic mass is 10.3. The standard InChI is InChI=1S/C8H16N4S/c1-4-5-6(2)13-8-11-10-7(3)12(8)9/h6H,4-5,9H2,1-3H3. The molecule has 0 saturated carbocycles. The van der Waals surface area contributed by atoms with Crippen molar-refractivity contribution >= 4 is 11.8 Å². The summed E-state index contributed by atoms with van der Waals surface area (Å²) in [6.45, 7) is 6.20. The van der Waals surface area contributed by atoms with Gasteiger partial charge in [-0.25, -0.2) is 4.68 Å². The van der Waals surface area contributed by atoms with Crippen molar-refractivity contribution in [2.45, 2.75) is 44.0 Å². The fourth-order valence-corrected chi connectivity index (χ4v) is 2.12. The Balaban J connectivity index is 2.58. The Labute approximate surface area is 82.9 Å². The number of rotatable bonds is 4. The lowest BCUT2D eigenvalue weighted by Crippen LogP contribution is -2.12. The number of thioether (sulfide) groups is 1. The van der Waals surface area contributed by atoms with Crippen molar-refractivity contribution in [3.63, 3.8) is 0 Å². The maximum absolute atomic E-state index is 5.72. The van der Waals surface area contributed by atoms with E-state index in [1.807, 2.05) is 6.92 Å². The van der Waals surface area contributed by atoms with Crippen LogP contribution in [0.1, 0.15) is 32.5 Å². The summed E-state index contributed by atoms with van der Waals surface area (Å²) in [5.41, 5.74) is 0. The summed E-state index contributed by atoms with van der Waals surface area (Å²) in [5, 5.41) is 9.24. The molecule has 2 N–H and O–H groups in total. The molecule has 0 radical (unpaired) electrons. The lowest BCUT2D eigenvalue weighted by molar-refractivity contribution is 0.770. The third kappa shape index (κ3) is 2.62. The van der Waals surface area contributed by atoms with Gasteiger partial charge >= 0.3 is 0 Å². The largest absolute Gasteiger partial charge is 0.336 e. The molecule has 0 amide bonds. The molecule has 0 spiro atoms. The van der Waals surface area contributed by atoms with Gasteiger partial charge in [-0.15, -0.1) is 10.2 Å². The first-order valence-corrected chi connectivity index (χ1v) is 5.36. The van der Waals surface area contributed by atoms with Crippen LogP contribution in [0.15, 0.2) is 5.16 Å². The van der Waals surface area contributed by atoms with Crippen LogP contribution in [-0.4, -0.2) is 20.1 Å². The van der Waals surface area contributed by atoms with Crippen molar-refractivity contribution in [2.75, 3.05) is 5.84 Å². The third-order valence-electron chi connectivity index (χ3n) is 1.84. The first-order valence-electron chi connectivity index (χ1n) is 4.49. The molecule has 1 unspecified atom stereocenters. The van der Waals surface area contributed by atoms with E-state index in [1.165, 1.54) is 17.5 Å². The van der Waals surface area contributed by atoms with Crippen molar-refractivity contribution in [3.8, 4) is 0 Å². The molecular weight excluding hydrogens is 184 g/mol. The molecule has 1 atom stereocenters. The maximum Gasteiger partial charge on any atom is 0.210 e. The van der Waals surface area contributed by atoms with Crippen LogP contribution >= 0.6 is 11.8 Å². The Bertz CT molecular complexity index is 271. The van der Waals surface area contributed by atoms with Crippen LogP contribution in [0.2, 0.25) is 0 Å². The van der Waals surface area contributed by atoms with Gasteiger partial charge in [0.05, 0.1) is 0 Å². The number of nitrogen functional groups attached to an aromatic ring is 1. The van der Waals surface area contributed by atoms with Gasteiger partial charge in [0.2, 0.25) is 5.16 Å². The molecule has 74 valence electrons. The Kier molecular flexibility index (Phi) is 3.59. The van der Waals surface area contributed by atoms with Gasteiger partial charge in [-0.2, -0.15) is 0 Å². The average Bonchev–Trinajstić information content (AvgIpc) is 2.37. The van der Waals surface area contributed by atoms with E-state index in [1.54, 1.807) is 11.8 Å². The Hall–Kier alpha value is -0.710. The highest BCUT2D eigenvalue weighted by Gasteiger charge is 2.10. The minimum absolute atomic E-state index is 0.552. The third-order valence-corrected chi connectivity index (χ3v) is 2.96. The van der Waals surface area contributed by atoms with Crippen molar-refractivity contribution < 1.29 is 0 Å². The van der Waals surface area contributed by atoms with Crippen LogP contribution in [-0.2, 0) is 0 Å². The highest BCUT2D eigenvalue weighted by atomic mass is 32.2. The van der Waals surface area contributed by atoms with Crippen LogP contribution in [0.3, 0.4) is 0 Å². The molecule has 1 rings (SSSR count). The van der Waals surface area contributed by atoms with E-state index >= 15 is 0 Å². The highest BCUT2D eigenvalue weighted by molar-refractivity contribution is 7.99. The molecule has 1 aromatic rings. The number of aromatic nitrogens is 3. The molecule has 4 nitrogen and oxygen atoms in total. The summed E-state index contributed by atoms with van der Waals surface area (Å²) in [7, 11) is 0. The van der Waals surface area contributed by atoms with Crippen LogP contribution in [0.4, 0.5) is 0 Å². The number of hydrogen-bond donors (Lipinski definition) is 1. The van der Waals surface area contributed by atoms with E-state index in [0.29, 0.717) is 5.25 Å². The van der Waals surface area contributed by atoms with Gasteiger partial charge in [0, 0.05) is 5.25 Å². The number of hydrogen-bond acceptors (Lipinski definition) is 4. The van der Waals surface area contributed by atoms with Gasteiger partial charge < -0.3 is 5.84 Å². The predicted octanol–water partition coefficient (Wildman–Crippen LogP) is 1.58. The molecule has 13 heavy (non-hydrogen) atoms. The molecule has 1 aromatic heterocycles. The van der Waals surface area contributed by atoms with Crippen molar-refractivity contribution in [1.82, 2.24) is 14.9 Å². The quantitative estimate of drug-likeness (QED) is 0.592. The second-order valence-corrected chi connectivity index (χ2v) is 4.52. The molecule has 0 aliphatic carbocycles. The summed E-state index contributed by atoms with van der Waals surface area (Å²) in [6.07, 6.45) is 2.36. The van der Waals surface area contributed by atoms with E-state index in [-0.39, 0.29) is 0 Å². The second-order valence-electron chi connectivity index (χ2n) is 3.12. The summed E-state index contributed by atoms with van der Waals surface area (Å²) in [6, 6.07) is 0. The second kappa shape index (κ2) is 4.50. The smallest absolute Gasteiger partial charge is 0.210 e. The zero-order chi connectivity index (χ0) is 9.84. The average molecular weight is 200 g/mol. The van der Waals surface area contributed by atoms with Crippen LogP contribution < -0.4 is 5.84 Å². The van der Waals surface area contributed by atoms with E-state index in [9.17, 15) is 0 Å². The number of nitrogens with two attached hydrogens (primary N) is 1. The van der Waals surface area contributed by atoms with E-state index in [4.69, 9.17) is 5.84 Å². The summed E-state index contributed by atoms with van der Waals surface area (Å²) in [4.78, 5) is 0. The van der Waals surface area contributed by atoms with E-state index in [0.717, 1.165) is 11.0 Å². The maximum atomic E-state index is 5.72. The Morgan fingerprint density at radius 2 is 2.23 bits per heavy atom. The topological polar surface area (TPSA) is 56.7 Å². The normalized spacial score (nSPS) is 13.2. The number of aryl methyl sites for hydroxylation is 1. The highest BCUT2D eigenvalue weighted by Crippen LogP contribution is 2.23. The Morgan fingerprint density at radius 3 is 2.69 bits per heavy atom. The zero-order valence-corrected chi connectivity index (χ0v) is 9.14. The zero-order valence-electron chi connectivity index (χ0n) is 8.32. The first kappa shape index (κ1) is 10.4. The van der Waals surface area contributed by atoms with Gasteiger partial charge in [0.15, 0.2) is 0 Å². The Morgan fingerprint density at radius 1 is 1.54 bits per heavy atom. The first-order chi connectivity index (χ1) is 6.15. The SMILES string of the molecule is CCCC(C)Sc1nnc(C)n1N. The minimum Gasteiger partial charge on any atom is -0.336 e. The minimum atomic E-state index is 0.552. The molecule has 0 fully saturated rings. The molecule has 0 bridgehead atoms. The van der Waals surface area contributed by atoms with Gasteiger partial charge in [-0.1, -0.05) is 32.0 Å². The van der Waals surface area contributed by atoms with Gasteiger partial charge in [0.1, 0.15) is 5.82 Å². The lowest BCUT2D eigenvalue weighted by Gasteiger charge is -2.07. The summed E-state index contributed by atoms with van der Waals surface area (Å²) >= 11 is 1.68. The van der Waals surface area contributed by atoms with Gasteiger partial charge in [-0.3, -0.25) is 0 Å². The predicted molar refractivity (Wildman–Crippen MR) is 55.1 cm³/mol. The van der Waals surface area contributed by atoms with Crippen molar-refractivity contribution in [1.29, 1.82) is 0 Å². The molecule has 0 aliphatic rings. The summed E-state index contributed by atoms with van der Waals surface area (Å²) in [5.74, 6) is 6.47. The molecule has 0 aromatic carbocycles. The van der Waals surface area contributed by atoms with Gasteiger partial charge in [-0.05, 0) is 13.3 Å². The van der Waals surface area contributed by atoms with Crippen molar-refractivity contribution in [3.05, 3.63) is 5.82 Å². The number of nitrogens with zero attached hydrogens (tertiary/aromatic N) is 3. The molecular formula is C8H16N4S. The fourth-order valence-electron chi connectivity index (χ4n) is 1.08. The van der Waals surface area contributed by atoms with E-state index < -0.39 is 0 Å². The van der Waals surface area contributed by atoms with Crippen LogP contribution in [0, 0.1) is 6.92 Å². The summed E-state index contributed by atoms with van der Waals surface area (Å²) < 4.78 is 1.54. The van der Waals surface area contributed by atoms with E-state index in [2.05, 4.69) is 24.0 Å². The van der Waals surface area contributed by atoms with Crippen LogP contribution in [0.25, 0.3) is 0 Å². The van der Waals surface area contributed by atoms with Crippen molar-refractivity contribution in [2.24, 2.45) is 0 Å². The van der Waals surface area contributed by atoms with Crippen LogP contribution in [0.5, 0.6) is 0 Å². The molecule has 1 heterocycles. The van der Waals surface area contributed by atoms with Gasteiger partial charge in [0.25, 0.3) is 0 Å². The fraction of sp³-hybridized carbons (Fsp3) is 0.750. The monoisotopic (exact) mass is 200 g/mol. The molecule has 0 saturated heterocycles. The molecule has 5 heteroatoms. The molecule has 0 aliphatic heterocycles.